The molecule has 0 atom stereocenters. The number of esters is 1. The minimum atomic E-state index is -3.58. The molecule has 0 radical (unpaired) electrons. The third kappa shape index (κ3) is 4.63. The van der Waals surface area contributed by atoms with Crippen molar-refractivity contribution >= 4 is 21.9 Å². The van der Waals surface area contributed by atoms with Crippen molar-refractivity contribution in [2.45, 2.75) is 24.2 Å². The van der Waals surface area contributed by atoms with Crippen LogP contribution in [0.3, 0.4) is 0 Å². The lowest BCUT2D eigenvalue weighted by Crippen LogP contribution is -2.51. The van der Waals surface area contributed by atoms with E-state index in [1.54, 1.807) is 35.2 Å². The quantitative estimate of drug-likeness (QED) is 0.614. The Hall–Kier alpha value is -2.91. The minimum absolute atomic E-state index is 0.192. The lowest BCUT2D eigenvalue weighted by Gasteiger charge is -2.34. The van der Waals surface area contributed by atoms with E-state index in [0.29, 0.717) is 29.3 Å². The Labute approximate surface area is 187 Å². The van der Waals surface area contributed by atoms with Crippen molar-refractivity contribution < 1.29 is 27.5 Å². The molecule has 0 unspecified atom stereocenters. The number of ether oxygens (including phenoxy) is 2. The van der Waals surface area contributed by atoms with Gasteiger partial charge in [0.05, 0.1) is 17.6 Å². The van der Waals surface area contributed by atoms with E-state index in [-0.39, 0.29) is 25.6 Å². The molecule has 0 N–H and O–H groups in total. The number of benzene rings is 2. The van der Waals surface area contributed by atoms with E-state index in [2.05, 4.69) is 4.74 Å². The van der Waals surface area contributed by atoms with Crippen molar-refractivity contribution in [2.24, 2.45) is 0 Å². The van der Waals surface area contributed by atoms with Gasteiger partial charge in [-0.1, -0.05) is 12.1 Å². The number of sulfonamides is 1. The second-order valence-electron chi connectivity index (χ2n) is 7.88. The molecule has 1 heterocycles. The average molecular weight is 459 g/mol. The Bertz CT molecular complexity index is 1120. The van der Waals surface area contributed by atoms with Crippen molar-refractivity contribution in [2.75, 3.05) is 39.9 Å². The van der Waals surface area contributed by atoms with E-state index < -0.39 is 16.0 Å². The zero-order valence-electron chi connectivity index (χ0n) is 18.0. The summed E-state index contributed by atoms with van der Waals surface area (Å²) < 4.78 is 37.7. The van der Waals surface area contributed by atoms with Crippen molar-refractivity contribution in [1.29, 1.82) is 0 Å². The van der Waals surface area contributed by atoms with Gasteiger partial charge in [0.2, 0.25) is 10.0 Å². The van der Waals surface area contributed by atoms with E-state index in [1.165, 1.54) is 23.0 Å². The normalized spacial score (nSPS) is 16.5. The number of carbonyl (C=O) groups is 2. The number of piperazine rings is 1. The number of nitrogens with zero attached hydrogens (tertiary/aromatic N) is 2. The highest BCUT2D eigenvalue weighted by molar-refractivity contribution is 7.89. The van der Waals surface area contributed by atoms with E-state index in [0.717, 1.165) is 24.8 Å². The number of methoxy groups -OCH3 is 1. The van der Waals surface area contributed by atoms with Crippen LogP contribution in [0.5, 0.6) is 5.75 Å². The topological polar surface area (TPSA) is 93.2 Å². The zero-order valence-corrected chi connectivity index (χ0v) is 18.8. The second-order valence-corrected chi connectivity index (χ2v) is 9.81. The van der Waals surface area contributed by atoms with E-state index >= 15 is 0 Å². The van der Waals surface area contributed by atoms with E-state index in [1.807, 2.05) is 6.07 Å². The molecule has 2 aromatic rings. The van der Waals surface area contributed by atoms with Gasteiger partial charge in [-0.25, -0.2) is 13.2 Å². The molecule has 1 aliphatic heterocycles. The van der Waals surface area contributed by atoms with Gasteiger partial charge in [0.15, 0.2) is 6.61 Å². The zero-order chi connectivity index (χ0) is 22.7. The predicted octanol–water partition coefficient (Wildman–Crippen LogP) is 1.87. The van der Waals surface area contributed by atoms with Crippen LogP contribution in [-0.4, -0.2) is 69.4 Å². The molecule has 9 heteroatoms. The standard InChI is InChI=1S/C23H26N2O6S/c1-30-23(27)19-6-3-7-20(14-19)31-16-22(26)24-10-12-25(13-11-24)32(28,29)21-9-8-17-4-2-5-18(17)15-21/h3,6-9,14-15H,2,4-5,10-13,16H2,1H3. The highest BCUT2D eigenvalue weighted by Gasteiger charge is 2.31. The summed E-state index contributed by atoms with van der Waals surface area (Å²) >= 11 is 0. The molecule has 32 heavy (non-hydrogen) atoms. The molecule has 170 valence electrons. The van der Waals surface area contributed by atoms with Gasteiger partial charge in [-0.05, 0) is 60.7 Å². The maximum atomic E-state index is 13.0. The van der Waals surface area contributed by atoms with Crippen molar-refractivity contribution in [3.63, 3.8) is 0 Å². The van der Waals surface area contributed by atoms with Gasteiger partial charge >= 0.3 is 5.97 Å². The van der Waals surface area contributed by atoms with Crippen LogP contribution in [0.1, 0.15) is 27.9 Å². The van der Waals surface area contributed by atoms with Crippen LogP contribution >= 0.6 is 0 Å². The summed E-state index contributed by atoms with van der Waals surface area (Å²) in [6, 6.07) is 11.8. The maximum Gasteiger partial charge on any atom is 0.337 e. The Morgan fingerprint density at radius 1 is 0.969 bits per heavy atom. The highest BCUT2D eigenvalue weighted by Crippen LogP contribution is 2.26. The molecule has 1 aliphatic carbocycles. The monoisotopic (exact) mass is 458 g/mol. The van der Waals surface area contributed by atoms with Gasteiger partial charge < -0.3 is 14.4 Å². The third-order valence-electron chi connectivity index (χ3n) is 5.92. The Balaban J connectivity index is 1.32. The Morgan fingerprint density at radius 2 is 1.72 bits per heavy atom. The molecule has 2 aliphatic rings. The summed E-state index contributed by atoms with van der Waals surface area (Å²) in [4.78, 5) is 26.1. The molecule has 0 aromatic heterocycles. The molecule has 0 saturated carbocycles. The first kappa shape index (κ1) is 22.3. The highest BCUT2D eigenvalue weighted by atomic mass is 32.2. The summed E-state index contributed by atoms with van der Waals surface area (Å²) in [5.41, 5.74) is 2.69. The number of hydrogen-bond acceptors (Lipinski definition) is 6. The van der Waals surface area contributed by atoms with Gasteiger partial charge in [-0.2, -0.15) is 4.31 Å². The van der Waals surface area contributed by atoms with Crippen LogP contribution < -0.4 is 4.74 Å². The second kappa shape index (κ2) is 9.30. The first-order valence-corrected chi connectivity index (χ1v) is 12.0. The largest absolute Gasteiger partial charge is 0.484 e. The number of hydrogen-bond donors (Lipinski definition) is 0. The summed E-state index contributed by atoms with van der Waals surface area (Å²) in [5.74, 6) is -0.329. The SMILES string of the molecule is COC(=O)c1cccc(OCC(=O)N2CCN(S(=O)(=O)c3ccc4c(c3)CCC4)CC2)c1. The maximum absolute atomic E-state index is 13.0. The fourth-order valence-corrected chi connectivity index (χ4v) is 5.58. The van der Waals surface area contributed by atoms with E-state index in [4.69, 9.17) is 4.74 Å². The number of amides is 1. The van der Waals surface area contributed by atoms with Gasteiger partial charge in [-0.3, -0.25) is 4.79 Å². The van der Waals surface area contributed by atoms with Crippen LogP contribution in [0.15, 0.2) is 47.4 Å². The summed E-state index contributed by atoms with van der Waals surface area (Å²) in [7, 11) is -2.29. The molecule has 2 aromatic carbocycles. The van der Waals surface area contributed by atoms with Crippen molar-refractivity contribution in [3.05, 3.63) is 59.2 Å². The predicted molar refractivity (Wildman–Crippen MR) is 117 cm³/mol. The minimum Gasteiger partial charge on any atom is -0.484 e. The van der Waals surface area contributed by atoms with Crippen LogP contribution in [0, 0.1) is 0 Å². The third-order valence-corrected chi connectivity index (χ3v) is 7.81. The van der Waals surface area contributed by atoms with Crippen LogP contribution in [0.2, 0.25) is 0 Å². The first-order chi connectivity index (χ1) is 15.4. The summed E-state index contributed by atoms with van der Waals surface area (Å²) in [5, 5.41) is 0. The van der Waals surface area contributed by atoms with Gasteiger partial charge in [0.1, 0.15) is 5.75 Å². The lowest BCUT2D eigenvalue weighted by molar-refractivity contribution is -0.134. The van der Waals surface area contributed by atoms with E-state index in [9.17, 15) is 18.0 Å². The number of rotatable bonds is 6. The summed E-state index contributed by atoms with van der Waals surface area (Å²) in [6.45, 7) is 0.886. The van der Waals surface area contributed by atoms with Crippen molar-refractivity contribution in [3.8, 4) is 5.75 Å². The molecule has 1 amide bonds. The van der Waals surface area contributed by atoms with Gasteiger partial charge in [0, 0.05) is 26.2 Å². The molecular weight excluding hydrogens is 432 g/mol. The molecule has 1 fully saturated rings. The molecule has 8 nitrogen and oxygen atoms in total. The fourth-order valence-electron chi connectivity index (χ4n) is 4.10. The van der Waals surface area contributed by atoms with Gasteiger partial charge in [0.25, 0.3) is 5.91 Å². The number of fused-ring (bicyclic) bond motifs is 1. The molecule has 1 saturated heterocycles. The molecule has 0 spiro atoms. The van der Waals surface area contributed by atoms with Crippen LogP contribution in [-0.2, 0) is 32.4 Å². The Morgan fingerprint density at radius 3 is 2.47 bits per heavy atom. The number of aryl methyl sites for hydroxylation is 2. The Kier molecular flexibility index (Phi) is 6.48. The van der Waals surface area contributed by atoms with Crippen molar-refractivity contribution in [1.82, 2.24) is 9.21 Å². The summed E-state index contributed by atoms with van der Waals surface area (Å²) in [6.07, 6.45) is 2.99. The number of carbonyl (C=O) groups excluding carboxylic acids is 2. The average Bonchev–Trinajstić information content (AvgIpc) is 3.30. The smallest absolute Gasteiger partial charge is 0.337 e. The molecule has 0 bridgehead atoms. The van der Waals surface area contributed by atoms with Gasteiger partial charge in [-0.15, -0.1) is 0 Å². The van der Waals surface area contributed by atoms with Crippen LogP contribution in [0.4, 0.5) is 0 Å². The first-order valence-electron chi connectivity index (χ1n) is 10.6. The molecule has 4 rings (SSSR count). The molecular formula is C23H26N2O6S. The lowest BCUT2D eigenvalue weighted by atomic mass is 10.1. The van der Waals surface area contributed by atoms with Crippen LogP contribution in [0.25, 0.3) is 0 Å². The fraction of sp³-hybridized carbons (Fsp3) is 0.391.